The summed E-state index contributed by atoms with van der Waals surface area (Å²) in [6.07, 6.45) is 2.22. The summed E-state index contributed by atoms with van der Waals surface area (Å²) in [7, 11) is -9.34. The molecule has 0 fully saturated rings. The van der Waals surface area contributed by atoms with Crippen LogP contribution in [0.5, 0.6) is 0 Å². The van der Waals surface area contributed by atoms with Gasteiger partial charge in [0.15, 0.2) is 0 Å². The zero-order valence-electron chi connectivity index (χ0n) is 16.6. The summed E-state index contributed by atoms with van der Waals surface area (Å²) >= 11 is 0. The second-order valence-corrected chi connectivity index (χ2v) is 8.75. The van der Waals surface area contributed by atoms with Crippen LogP contribution in [-0.2, 0) is 33.1 Å². The SMILES string of the molecule is CCCc1ccc(-c2ccc(CCC)c(S(=O)(=O)[O-])c2)cc1S(=O)(=O)[O-].[Na+].[Na+]. The fraction of sp³-hybridized carbons (Fsp3) is 0.333. The number of benzene rings is 2. The topological polar surface area (TPSA) is 114 Å². The largest absolute Gasteiger partial charge is 1.00 e. The van der Waals surface area contributed by atoms with Gasteiger partial charge in [-0.15, -0.1) is 0 Å². The zero-order valence-corrected chi connectivity index (χ0v) is 22.2. The van der Waals surface area contributed by atoms with E-state index in [4.69, 9.17) is 0 Å². The summed E-state index contributed by atoms with van der Waals surface area (Å²) in [6, 6.07) is 8.82. The minimum Gasteiger partial charge on any atom is -0.744 e. The minimum atomic E-state index is -4.67. The maximum absolute atomic E-state index is 11.6. The molecule has 0 spiro atoms. The standard InChI is InChI=1S/C18H22O6S2.2Na/c1-3-5-13-7-9-15(11-17(13)25(19,20)21)16-10-8-14(6-4-2)18(12-16)26(22,23)24;;/h7-12H,3-6H2,1-2H3,(H,19,20,21)(H,22,23,24);;/q;2*+1/p-2. The Morgan fingerprint density at radius 3 is 1.25 bits per heavy atom. The van der Waals surface area contributed by atoms with E-state index in [0.717, 1.165) is 0 Å². The molecule has 0 aliphatic carbocycles. The molecule has 2 aromatic carbocycles. The van der Waals surface area contributed by atoms with Crippen LogP contribution >= 0.6 is 0 Å². The number of hydrogen-bond donors (Lipinski definition) is 0. The monoisotopic (exact) mass is 442 g/mol. The maximum atomic E-state index is 11.6. The molecule has 2 rings (SSSR count). The van der Waals surface area contributed by atoms with Gasteiger partial charge in [0.05, 0.1) is 9.79 Å². The molecular weight excluding hydrogens is 422 g/mol. The van der Waals surface area contributed by atoms with Gasteiger partial charge >= 0.3 is 59.1 Å². The first-order valence-corrected chi connectivity index (χ1v) is 11.1. The minimum absolute atomic E-state index is 0. The number of rotatable bonds is 7. The average molecular weight is 442 g/mol. The average Bonchev–Trinajstić information content (AvgIpc) is 2.54. The van der Waals surface area contributed by atoms with E-state index in [-0.39, 0.29) is 68.9 Å². The van der Waals surface area contributed by atoms with Crippen LogP contribution in [0.15, 0.2) is 46.2 Å². The Morgan fingerprint density at radius 2 is 1.00 bits per heavy atom. The fourth-order valence-corrected chi connectivity index (χ4v) is 4.41. The van der Waals surface area contributed by atoms with Crippen LogP contribution in [-0.4, -0.2) is 25.9 Å². The van der Waals surface area contributed by atoms with Crippen LogP contribution in [0.4, 0.5) is 0 Å². The van der Waals surface area contributed by atoms with Gasteiger partial charge in [0.25, 0.3) is 0 Å². The van der Waals surface area contributed by atoms with Gasteiger partial charge < -0.3 is 9.11 Å². The van der Waals surface area contributed by atoms with Crippen LogP contribution in [0.1, 0.15) is 37.8 Å². The Kier molecular flexibility index (Phi) is 11.7. The van der Waals surface area contributed by atoms with E-state index < -0.39 is 20.2 Å². The van der Waals surface area contributed by atoms with Crippen LogP contribution in [0, 0.1) is 0 Å². The molecule has 0 unspecified atom stereocenters. The first-order valence-electron chi connectivity index (χ1n) is 8.26. The van der Waals surface area contributed by atoms with Gasteiger partial charge in [-0.05, 0) is 47.2 Å². The van der Waals surface area contributed by atoms with Crippen molar-refractivity contribution in [2.45, 2.75) is 49.3 Å². The van der Waals surface area contributed by atoms with Gasteiger partial charge in [0, 0.05) is 0 Å². The van der Waals surface area contributed by atoms with E-state index in [1.807, 2.05) is 13.8 Å². The molecule has 0 N–H and O–H groups in total. The van der Waals surface area contributed by atoms with E-state index >= 15 is 0 Å². The second-order valence-electron chi connectivity index (χ2n) is 6.05. The third kappa shape index (κ3) is 7.19. The molecule has 142 valence electrons. The van der Waals surface area contributed by atoms with Crippen molar-refractivity contribution in [3.8, 4) is 11.1 Å². The first-order chi connectivity index (χ1) is 12.1. The smallest absolute Gasteiger partial charge is 0.744 e. The number of aryl methyl sites for hydroxylation is 2. The summed E-state index contributed by atoms with van der Waals surface area (Å²) in [4.78, 5) is -0.637. The second kappa shape index (κ2) is 11.6. The molecular formula is C18H20Na2O6S2. The van der Waals surface area contributed by atoms with Gasteiger partial charge in [0.2, 0.25) is 0 Å². The maximum Gasteiger partial charge on any atom is 1.00 e. The predicted octanol–water partition coefficient (Wildman–Crippen LogP) is -2.93. The molecule has 0 aromatic heterocycles. The van der Waals surface area contributed by atoms with Crippen molar-refractivity contribution in [2.24, 2.45) is 0 Å². The molecule has 0 saturated heterocycles. The van der Waals surface area contributed by atoms with Crippen molar-refractivity contribution in [3.05, 3.63) is 47.5 Å². The summed E-state index contributed by atoms with van der Waals surface area (Å²) in [5, 5.41) is 0. The van der Waals surface area contributed by atoms with Crippen LogP contribution < -0.4 is 59.1 Å². The third-order valence-electron chi connectivity index (χ3n) is 4.05. The van der Waals surface area contributed by atoms with Crippen molar-refractivity contribution in [2.75, 3.05) is 0 Å². The first kappa shape index (κ1) is 28.3. The van der Waals surface area contributed by atoms with Crippen LogP contribution in [0.2, 0.25) is 0 Å². The van der Waals surface area contributed by atoms with Crippen molar-refractivity contribution >= 4 is 20.2 Å². The van der Waals surface area contributed by atoms with Crippen molar-refractivity contribution in [1.29, 1.82) is 0 Å². The van der Waals surface area contributed by atoms with Crippen LogP contribution in [0.25, 0.3) is 11.1 Å². The van der Waals surface area contributed by atoms with Gasteiger partial charge in [-0.2, -0.15) is 0 Å². The van der Waals surface area contributed by atoms with E-state index in [0.29, 0.717) is 47.9 Å². The van der Waals surface area contributed by atoms with E-state index in [1.165, 1.54) is 12.1 Å². The zero-order chi connectivity index (χ0) is 19.5. The molecule has 0 atom stereocenters. The molecule has 6 nitrogen and oxygen atoms in total. The quantitative estimate of drug-likeness (QED) is 0.335. The van der Waals surface area contributed by atoms with Gasteiger partial charge in [-0.25, -0.2) is 16.8 Å². The Morgan fingerprint density at radius 1 is 0.679 bits per heavy atom. The Hall–Kier alpha value is 0.260. The Labute approximate surface area is 211 Å². The third-order valence-corrected chi connectivity index (χ3v) is 5.88. The number of hydrogen-bond acceptors (Lipinski definition) is 6. The molecule has 0 bridgehead atoms. The molecule has 0 amide bonds. The molecule has 0 saturated carbocycles. The van der Waals surface area contributed by atoms with Gasteiger partial charge in [-0.3, -0.25) is 0 Å². The molecule has 10 heteroatoms. The summed E-state index contributed by atoms with van der Waals surface area (Å²) in [5.74, 6) is 0. The van der Waals surface area contributed by atoms with E-state index in [2.05, 4.69) is 0 Å². The molecule has 0 aliphatic rings. The molecule has 28 heavy (non-hydrogen) atoms. The van der Waals surface area contributed by atoms with Gasteiger partial charge in [-0.1, -0.05) is 51.0 Å². The molecule has 0 radical (unpaired) electrons. The molecule has 2 aromatic rings. The van der Waals surface area contributed by atoms with Crippen LogP contribution in [0.3, 0.4) is 0 Å². The van der Waals surface area contributed by atoms with Crippen molar-refractivity contribution in [3.63, 3.8) is 0 Å². The molecule has 0 heterocycles. The summed E-state index contributed by atoms with van der Waals surface area (Å²) in [5.41, 5.74) is 1.58. The Balaban J connectivity index is 0.00000364. The van der Waals surface area contributed by atoms with Crippen molar-refractivity contribution in [1.82, 2.24) is 0 Å². The summed E-state index contributed by atoms with van der Waals surface area (Å²) in [6.45, 7) is 3.74. The fourth-order valence-electron chi connectivity index (χ4n) is 2.89. The Bertz CT molecular complexity index is 935. The van der Waals surface area contributed by atoms with Crippen molar-refractivity contribution < 1.29 is 85.1 Å². The van der Waals surface area contributed by atoms with Gasteiger partial charge in [0.1, 0.15) is 20.2 Å². The normalized spacial score (nSPS) is 11.4. The van der Waals surface area contributed by atoms with E-state index in [9.17, 15) is 25.9 Å². The van der Waals surface area contributed by atoms with E-state index in [1.54, 1.807) is 24.3 Å². The predicted molar refractivity (Wildman–Crippen MR) is 95.8 cm³/mol. The summed E-state index contributed by atoms with van der Waals surface area (Å²) < 4.78 is 69.5. The molecule has 0 aliphatic heterocycles.